The van der Waals surface area contributed by atoms with E-state index in [1.54, 1.807) is 27.7 Å². The van der Waals surface area contributed by atoms with Crippen molar-refractivity contribution < 1.29 is 24.2 Å². The first-order valence-electron chi connectivity index (χ1n) is 7.40. The maximum Gasteiger partial charge on any atom is 0.407 e. The third-order valence-electron chi connectivity index (χ3n) is 2.77. The Kier molecular flexibility index (Phi) is 8.32. The second kappa shape index (κ2) is 8.87. The van der Waals surface area contributed by atoms with Crippen molar-refractivity contribution in [3.8, 4) is 0 Å². The van der Waals surface area contributed by atoms with Crippen molar-refractivity contribution in [2.24, 2.45) is 5.92 Å². The number of nitrogens with one attached hydrogen (secondary N) is 1. The van der Waals surface area contributed by atoms with Gasteiger partial charge in [-0.2, -0.15) is 0 Å². The van der Waals surface area contributed by atoms with Gasteiger partial charge in [0.15, 0.2) is 0 Å². The van der Waals surface area contributed by atoms with Gasteiger partial charge in [-0.1, -0.05) is 13.8 Å². The highest BCUT2D eigenvalue weighted by Gasteiger charge is 2.27. The van der Waals surface area contributed by atoms with E-state index in [0.29, 0.717) is 6.61 Å². The summed E-state index contributed by atoms with van der Waals surface area (Å²) in [7, 11) is 0. The summed E-state index contributed by atoms with van der Waals surface area (Å²) in [6, 6.07) is -0.478. The molecule has 0 fully saturated rings. The molecule has 1 amide bonds. The molecule has 0 aromatic carbocycles. The van der Waals surface area contributed by atoms with E-state index in [1.165, 1.54) is 0 Å². The van der Waals surface area contributed by atoms with Crippen molar-refractivity contribution in [2.75, 3.05) is 6.61 Å². The number of amides is 1. The number of carbonyl (C=O) groups excluding carboxylic acids is 2. The summed E-state index contributed by atoms with van der Waals surface area (Å²) in [6.45, 7) is 11.1. The van der Waals surface area contributed by atoms with Crippen molar-refractivity contribution >= 4 is 12.1 Å². The number of esters is 1. The minimum absolute atomic E-state index is 0.00899. The van der Waals surface area contributed by atoms with E-state index in [9.17, 15) is 14.7 Å². The minimum atomic E-state index is -0.832. The fourth-order valence-corrected chi connectivity index (χ4v) is 1.83. The quantitative estimate of drug-likeness (QED) is 0.705. The van der Waals surface area contributed by atoms with Crippen LogP contribution in [0.2, 0.25) is 0 Å². The average Bonchev–Trinajstić information content (AvgIpc) is 2.31. The van der Waals surface area contributed by atoms with Crippen LogP contribution in [0, 0.1) is 5.92 Å². The molecule has 0 heterocycles. The molecule has 2 N–H and O–H groups in total. The molecule has 0 aliphatic carbocycles. The summed E-state index contributed by atoms with van der Waals surface area (Å²) in [5.74, 6) is -0.342. The van der Waals surface area contributed by atoms with E-state index < -0.39 is 23.8 Å². The van der Waals surface area contributed by atoms with Crippen LogP contribution in [0.25, 0.3) is 0 Å². The highest BCUT2D eigenvalue weighted by Crippen LogP contribution is 2.14. The average molecular weight is 303 g/mol. The molecule has 2 atom stereocenters. The summed E-state index contributed by atoms with van der Waals surface area (Å²) in [5.41, 5.74) is -0.596. The zero-order valence-corrected chi connectivity index (χ0v) is 13.9. The molecule has 6 heteroatoms. The second-order valence-electron chi connectivity index (χ2n) is 6.33. The molecule has 0 saturated heterocycles. The minimum Gasteiger partial charge on any atom is -0.466 e. The van der Waals surface area contributed by atoms with Crippen LogP contribution in [0.15, 0.2) is 0 Å². The predicted molar refractivity (Wildman–Crippen MR) is 79.9 cm³/mol. The molecule has 0 radical (unpaired) electrons. The van der Waals surface area contributed by atoms with Crippen LogP contribution in [-0.2, 0) is 14.3 Å². The molecule has 0 rings (SSSR count). The maximum absolute atomic E-state index is 11.8. The van der Waals surface area contributed by atoms with Gasteiger partial charge in [0.2, 0.25) is 0 Å². The van der Waals surface area contributed by atoms with Crippen LogP contribution < -0.4 is 5.32 Å². The largest absolute Gasteiger partial charge is 0.466 e. The van der Waals surface area contributed by atoms with Gasteiger partial charge in [-0.3, -0.25) is 4.79 Å². The van der Waals surface area contributed by atoms with E-state index in [4.69, 9.17) is 9.47 Å². The van der Waals surface area contributed by atoms with Crippen molar-refractivity contribution in [2.45, 2.75) is 72.1 Å². The van der Waals surface area contributed by atoms with Gasteiger partial charge < -0.3 is 19.9 Å². The predicted octanol–water partition coefficient (Wildman–Crippen LogP) is 2.24. The lowest BCUT2D eigenvalue weighted by Crippen LogP contribution is -2.48. The number of alkyl carbamates (subject to hydrolysis) is 1. The number of carbonyl (C=O) groups is 2. The Morgan fingerprint density at radius 2 is 1.81 bits per heavy atom. The normalized spacial score (nSPS) is 14.5. The fourth-order valence-electron chi connectivity index (χ4n) is 1.83. The third kappa shape index (κ3) is 9.28. The Bertz CT molecular complexity index is 335. The third-order valence-corrected chi connectivity index (χ3v) is 2.77. The molecule has 6 nitrogen and oxygen atoms in total. The second-order valence-corrected chi connectivity index (χ2v) is 6.33. The molecule has 21 heavy (non-hydrogen) atoms. The van der Waals surface area contributed by atoms with Crippen LogP contribution in [0.5, 0.6) is 0 Å². The molecule has 0 aromatic heterocycles. The van der Waals surface area contributed by atoms with Crippen LogP contribution in [0.3, 0.4) is 0 Å². The molecule has 0 saturated carbocycles. The smallest absolute Gasteiger partial charge is 0.407 e. The molecule has 0 spiro atoms. The van der Waals surface area contributed by atoms with Gasteiger partial charge in [0.05, 0.1) is 18.8 Å². The maximum atomic E-state index is 11.8. The lowest BCUT2D eigenvalue weighted by molar-refractivity contribution is -0.143. The van der Waals surface area contributed by atoms with Crippen molar-refractivity contribution in [1.29, 1.82) is 0 Å². The zero-order valence-electron chi connectivity index (χ0n) is 13.9. The first-order chi connectivity index (χ1) is 9.56. The molecular weight excluding hydrogens is 274 g/mol. The summed E-state index contributed by atoms with van der Waals surface area (Å²) < 4.78 is 10.00. The first-order valence-corrected chi connectivity index (χ1v) is 7.40. The van der Waals surface area contributed by atoms with Gasteiger partial charge in [-0.15, -0.1) is 0 Å². The Hall–Kier alpha value is -1.30. The summed E-state index contributed by atoms with van der Waals surface area (Å²) in [5, 5.41) is 12.8. The molecule has 0 aliphatic heterocycles. The standard InChI is InChI=1S/C15H29NO5/c1-7-20-12(18)9-8-11(17)13(10(2)3)16-14(19)21-15(4,5)6/h10-11,13,17H,7-9H2,1-6H3,(H,16,19)/t11-,13+/m1/s1. The lowest BCUT2D eigenvalue weighted by atomic mass is 9.95. The topological polar surface area (TPSA) is 84.9 Å². The van der Waals surface area contributed by atoms with E-state index >= 15 is 0 Å². The van der Waals surface area contributed by atoms with E-state index in [0.717, 1.165) is 0 Å². The highest BCUT2D eigenvalue weighted by atomic mass is 16.6. The van der Waals surface area contributed by atoms with Crippen LogP contribution in [-0.4, -0.2) is 41.5 Å². The zero-order chi connectivity index (χ0) is 16.6. The molecule has 0 aromatic rings. The molecule has 0 unspecified atom stereocenters. The van der Waals surface area contributed by atoms with Crippen molar-refractivity contribution in [1.82, 2.24) is 5.32 Å². The number of aliphatic hydroxyl groups excluding tert-OH is 1. The Balaban J connectivity index is 4.46. The van der Waals surface area contributed by atoms with Crippen LogP contribution in [0.1, 0.15) is 54.4 Å². The van der Waals surface area contributed by atoms with E-state index in [-0.39, 0.29) is 24.7 Å². The van der Waals surface area contributed by atoms with E-state index in [1.807, 2.05) is 13.8 Å². The van der Waals surface area contributed by atoms with Crippen molar-refractivity contribution in [3.05, 3.63) is 0 Å². The molecule has 124 valence electrons. The Morgan fingerprint density at radius 1 is 1.24 bits per heavy atom. The molecular formula is C15H29NO5. The van der Waals surface area contributed by atoms with Crippen LogP contribution in [0.4, 0.5) is 4.79 Å². The van der Waals surface area contributed by atoms with Gasteiger partial charge >= 0.3 is 12.1 Å². The highest BCUT2D eigenvalue weighted by molar-refractivity contribution is 5.69. The summed E-state index contributed by atoms with van der Waals surface area (Å²) in [6.07, 6.45) is -1.05. The number of aliphatic hydroxyl groups is 1. The first kappa shape index (κ1) is 19.7. The van der Waals surface area contributed by atoms with Gasteiger partial charge in [-0.05, 0) is 40.0 Å². The van der Waals surface area contributed by atoms with Gasteiger partial charge in [0.1, 0.15) is 5.60 Å². The monoisotopic (exact) mass is 303 g/mol. The van der Waals surface area contributed by atoms with E-state index in [2.05, 4.69) is 5.32 Å². The van der Waals surface area contributed by atoms with Gasteiger partial charge in [0.25, 0.3) is 0 Å². The molecule has 0 aliphatic rings. The van der Waals surface area contributed by atoms with Crippen LogP contribution >= 0.6 is 0 Å². The summed E-state index contributed by atoms with van der Waals surface area (Å²) >= 11 is 0. The SMILES string of the molecule is CCOC(=O)CC[C@@H](O)[C@@H](NC(=O)OC(C)(C)C)C(C)C. The van der Waals surface area contributed by atoms with Crippen molar-refractivity contribution in [3.63, 3.8) is 0 Å². The number of rotatable bonds is 7. The van der Waals surface area contributed by atoms with Gasteiger partial charge in [-0.25, -0.2) is 4.79 Å². The fraction of sp³-hybridized carbons (Fsp3) is 0.867. The van der Waals surface area contributed by atoms with Gasteiger partial charge in [0, 0.05) is 6.42 Å². The molecule has 0 bridgehead atoms. The Labute approximate surface area is 127 Å². The number of ether oxygens (including phenoxy) is 2. The lowest BCUT2D eigenvalue weighted by Gasteiger charge is -2.29. The number of hydrogen-bond acceptors (Lipinski definition) is 5. The number of hydrogen-bond donors (Lipinski definition) is 2. The summed E-state index contributed by atoms with van der Waals surface area (Å²) in [4.78, 5) is 23.1. The Morgan fingerprint density at radius 3 is 2.24 bits per heavy atom.